The lowest BCUT2D eigenvalue weighted by Crippen LogP contribution is -2.53. The van der Waals surface area contributed by atoms with Gasteiger partial charge in [0, 0.05) is 30.6 Å². The van der Waals surface area contributed by atoms with Crippen molar-refractivity contribution in [3.63, 3.8) is 0 Å². The summed E-state index contributed by atoms with van der Waals surface area (Å²) in [4.78, 5) is 25.7. The molecule has 0 spiro atoms. The average molecular weight is 459 g/mol. The number of anilines is 2. The lowest BCUT2D eigenvalue weighted by molar-refractivity contribution is 0.132. The zero-order valence-corrected chi connectivity index (χ0v) is 20.4. The quantitative estimate of drug-likeness (QED) is 0.612. The van der Waals surface area contributed by atoms with Gasteiger partial charge in [-0.2, -0.15) is 5.10 Å². The normalized spacial score (nSPS) is 24.2. The molecule has 180 valence electrons. The molecule has 0 aliphatic carbocycles. The van der Waals surface area contributed by atoms with E-state index < -0.39 is 11.4 Å². The van der Waals surface area contributed by atoms with Crippen molar-refractivity contribution in [2.24, 2.45) is 5.92 Å². The van der Waals surface area contributed by atoms with Crippen molar-refractivity contribution in [1.82, 2.24) is 35.3 Å². The first-order valence-electron chi connectivity index (χ1n) is 11.7. The summed E-state index contributed by atoms with van der Waals surface area (Å²) in [5, 5.41) is 13.6. The maximum Gasteiger partial charge on any atom is 0.318 e. The number of hydrogen-bond acceptors (Lipinski definition) is 6. The predicted octanol–water partition coefficient (Wildman–Crippen LogP) is 3.53. The summed E-state index contributed by atoms with van der Waals surface area (Å²) in [7, 11) is 2.11. The van der Waals surface area contributed by atoms with Crippen molar-refractivity contribution in [3.05, 3.63) is 29.1 Å². The molecule has 4 rings (SSSR count). The topological polar surface area (TPSA) is 102 Å². The monoisotopic (exact) mass is 458 g/mol. The number of nitrogens with zero attached hydrogens (tertiary/aromatic N) is 5. The fourth-order valence-electron chi connectivity index (χ4n) is 5.12. The van der Waals surface area contributed by atoms with Crippen LogP contribution in [0.15, 0.2) is 6.20 Å². The van der Waals surface area contributed by atoms with E-state index in [1.54, 1.807) is 4.90 Å². The first-order chi connectivity index (χ1) is 15.5. The molecule has 2 atom stereocenters. The number of aromatic nitrogens is 4. The van der Waals surface area contributed by atoms with Crippen molar-refractivity contribution in [2.75, 3.05) is 25.5 Å². The minimum atomic E-state index is -0.584. The van der Waals surface area contributed by atoms with Gasteiger partial charge >= 0.3 is 6.03 Å². The summed E-state index contributed by atoms with van der Waals surface area (Å²) in [6, 6.07) is -0.122. The van der Waals surface area contributed by atoms with Crippen molar-refractivity contribution >= 4 is 17.7 Å². The summed E-state index contributed by atoms with van der Waals surface area (Å²) in [6.07, 6.45) is 3.77. The first kappa shape index (κ1) is 23.4. The Balaban J connectivity index is 1.49. The van der Waals surface area contributed by atoms with Crippen LogP contribution in [0.1, 0.15) is 64.5 Å². The van der Waals surface area contributed by atoms with Crippen LogP contribution in [0.2, 0.25) is 0 Å². The van der Waals surface area contributed by atoms with Crippen LogP contribution in [0.5, 0.6) is 0 Å². The van der Waals surface area contributed by atoms with Crippen LogP contribution in [-0.4, -0.2) is 61.7 Å². The third-order valence-corrected chi connectivity index (χ3v) is 7.14. The second kappa shape index (κ2) is 8.55. The standard InChI is InChI=1S/C23H35FN8O/c1-7-8-17-25-10-16(24)20(27-17)28-19-15-12-32(22(3,4)18(15)29-30-19)21(33)26-13-23(5)9-14(2)11-31(23)6/h10,14H,7-9,11-13H2,1-6H3,(H,26,33)(H2,25,27,28,29,30)/t14-,23?/m1/s1. The average Bonchev–Trinajstić information content (AvgIpc) is 3.35. The molecule has 1 unspecified atom stereocenters. The van der Waals surface area contributed by atoms with Crippen molar-refractivity contribution in [2.45, 2.75) is 71.5 Å². The Bertz CT molecular complexity index is 1040. The minimum Gasteiger partial charge on any atom is -0.336 e. The molecule has 0 radical (unpaired) electrons. The number of carbonyl (C=O) groups is 1. The van der Waals surface area contributed by atoms with E-state index >= 15 is 0 Å². The molecule has 33 heavy (non-hydrogen) atoms. The smallest absolute Gasteiger partial charge is 0.318 e. The van der Waals surface area contributed by atoms with Gasteiger partial charge < -0.3 is 15.5 Å². The molecule has 0 bridgehead atoms. The van der Waals surface area contributed by atoms with Crippen LogP contribution in [0, 0.1) is 11.7 Å². The number of aromatic amines is 1. The Morgan fingerprint density at radius 3 is 2.76 bits per heavy atom. The molecule has 2 aliphatic rings. The second-order valence-corrected chi connectivity index (χ2v) is 10.3. The molecule has 2 aliphatic heterocycles. The number of likely N-dealkylation sites (N-methyl/N-ethyl adjacent to an activating group) is 1. The Hall–Kier alpha value is -2.75. The third-order valence-electron chi connectivity index (χ3n) is 7.14. The van der Waals surface area contributed by atoms with E-state index in [0.29, 0.717) is 37.1 Å². The Kier molecular flexibility index (Phi) is 6.07. The Morgan fingerprint density at radius 2 is 2.09 bits per heavy atom. The van der Waals surface area contributed by atoms with Gasteiger partial charge in [0.25, 0.3) is 0 Å². The van der Waals surface area contributed by atoms with Gasteiger partial charge in [0.15, 0.2) is 17.5 Å². The van der Waals surface area contributed by atoms with Gasteiger partial charge in [-0.25, -0.2) is 19.2 Å². The predicted molar refractivity (Wildman–Crippen MR) is 125 cm³/mol. The number of amides is 2. The molecule has 3 N–H and O–H groups in total. The highest BCUT2D eigenvalue weighted by molar-refractivity contribution is 5.77. The number of urea groups is 1. The maximum atomic E-state index is 14.4. The van der Waals surface area contributed by atoms with Crippen LogP contribution < -0.4 is 10.6 Å². The van der Waals surface area contributed by atoms with E-state index in [0.717, 1.165) is 30.6 Å². The maximum absolute atomic E-state index is 14.4. The van der Waals surface area contributed by atoms with E-state index in [2.05, 4.69) is 56.6 Å². The molecule has 0 aromatic carbocycles. The van der Waals surface area contributed by atoms with Gasteiger partial charge in [-0.15, -0.1) is 0 Å². The van der Waals surface area contributed by atoms with Crippen LogP contribution in [-0.2, 0) is 18.5 Å². The van der Waals surface area contributed by atoms with Crippen molar-refractivity contribution in [3.8, 4) is 0 Å². The largest absolute Gasteiger partial charge is 0.336 e. The molecule has 2 amide bonds. The molecule has 2 aromatic rings. The van der Waals surface area contributed by atoms with Gasteiger partial charge in [-0.05, 0) is 46.6 Å². The van der Waals surface area contributed by atoms with E-state index in [-0.39, 0.29) is 17.4 Å². The molecule has 4 heterocycles. The summed E-state index contributed by atoms with van der Waals surface area (Å²) in [5.74, 6) is 1.22. The van der Waals surface area contributed by atoms with Crippen LogP contribution in [0.3, 0.4) is 0 Å². The summed E-state index contributed by atoms with van der Waals surface area (Å²) in [6.45, 7) is 12.4. The number of likely N-dealkylation sites (tertiary alicyclic amines) is 1. The lowest BCUT2D eigenvalue weighted by atomic mass is 9.95. The third kappa shape index (κ3) is 4.28. The highest BCUT2D eigenvalue weighted by atomic mass is 19.1. The molecular formula is C23H35FN8O. The van der Waals surface area contributed by atoms with Gasteiger partial charge in [-0.3, -0.25) is 10.00 Å². The summed E-state index contributed by atoms with van der Waals surface area (Å²) < 4.78 is 14.4. The van der Waals surface area contributed by atoms with E-state index in [1.165, 1.54) is 6.20 Å². The molecule has 10 heteroatoms. The lowest BCUT2D eigenvalue weighted by Gasteiger charge is -2.36. The number of hydrogen-bond donors (Lipinski definition) is 3. The molecular weight excluding hydrogens is 423 g/mol. The van der Waals surface area contributed by atoms with Gasteiger partial charge in [0.1, 0.15) is 5.82 Å². The van der Waals surface area contributed by atoms with Crippen molar-refractivity contribution < 1.29 is 9.18 Å². The van der Waals surface area contributed by atoms with Crippen molar-refractivity contribution in [1.29, 1.82) is 0 Å². The zero-order valence-electron chi connectivity index (χ0n) is 20.4. The number of carbonyl (C=O) groups excluding carboxylic acids is 1. The molecule has 9 nitrogen and oxygen atoms in total. The van der Waals surface area contributed by atoms with Crippen LogP contribution in [0.4, 0.5) is 20.8 Å². The Labute approximate surface area is 194 Å². The number of fused-ring (bicyclic) bond motifs is 1. The first-order valence-corrected chi connectivity index (χ1v) is 11.7. The second-order valence-electron chi connectivity index (χ2n) is 10.3. The fraction of sp³-hybridized carbons (Fsp3) is 0.652. The summed E-state index contributed by atoms with van der Waals surface area (Å²) >= 11 is 0. The molecule has 1 fully saturated rings. The minimum absolute atomic E-state index is 0.0533. The van der Waals surface area contributed by atoms with Gasteiger partial charge in [0.05, 0.1) is 24.0 Å². The number of halogens is 1. The van der Waals surface area contributed by atoms with Crippen LogP contribution >= 0.6 is 0 Å². The fourth-order valence-corrected chi connectivity index (χ4v) is 5.12. The summed E-state index contributed by atoms with van der Waals surface area (Å²) in [5.41, 5.74) is 1.03. The van der Waals surface area contributed by atoms with Crippen LogP contribution in [0.25, 0.3) is 0 Å². The number of rotatable bonds is 6. The number of nitrogens with one attached hydrogen (secondary N) is 3. The highest BCUT2D eigenvalue weighted by Gasteiger charge is 2.45. The number of H-pyrrole nitrogens is 1. The van der Waals surface area contributed by atoms with E-state index in [1.807, 2.05) is 20.8 Å². The van der Waals surface area contributed by atoms with Gasteiger partial charge in [0.2, 0.25) is 0 Å². The highest BCUT2D eigenvalue weighted by Crippen LogP contribution is 2.41. The Morgan fingerprint density at radius 1 is 1.33 bits per heavy atom. The molecule has 0 saturated carbocycles. The number of aryl methyl sites for hydroxylation is 1. The van der Waals surface area contributed by atoms with Gasteiger partial charge in [-0.1, -0.05) is 13.8 Å². The SMILES string of the molecule is CCCc1ncc(F)c(Nc2n[nH]c3c2CN(C(=O)NCC2(C)C[C@@H](C)CN2C)C3(C)C)n1. The molecule has 1 saturated heterocycles. The van der Waals surface area contributed by atoms with E-state index in [4.69, 9.17) is 0 Å². The van der Waals surface area contributed by atoms with E-state index in [9.17, 15) is 9.18 Å². The zero-order chi connectivity index (χ0) is 24.0. The molecule has 2 aromatic heterocycles.